The molecule has 22 heavy (non-hydrogen) atoms. The van der Waals surface area contributed by atoms with E-state index in [9.17, 15) is 13.2 Å². The van der Waals surface area contributed by atoms with Crippen molar-refractivity contribution in [2.45, 2.75) is 11.5 Å². The van der Waals surface area contributed by atoms with Gasteiger partial charge >= 0.3 is 5.97 Å². The molecule has 2 rings (SSSR count). The third-order valence-electron chi connectivity index (χ3n) is 2.90. The van der Waals surface area contributed by atoms with E-state index in [4.69, 9.17) is 9.84 Å². The van der Waals surface area contributed by atoms with Gasteiger partial charge in [-0.2, -0.15) is 0 Å². The van der Waals surface area contributed by atoms with Gasteiger partial charge in [-0.3, -0.25) is 4.72 Å². The number of methoxy groups -OCH3 is 1. The molecule has 0 saturated heterocycles. The fraction of sp³-hybridized carbons (Fsp3) is 0.133. The second kappa shape index (κ2) is 6.59. The van der Waals surface area contributed by atoms with Gasteiger partial charge in [-0.15, -0.1) is 0 Å². The highest BCUT2D eigenvalue weighted by Gasteiger charge is 2.15. The molecule has 0 radical (unpaired) electrons. The number of rotatable bonds is 6. The Labute approximate surface area is 128 Å². The molecule has 0 aromatic heterocycles. The fourth-order valence-corrected chi connectivity index (χ4v) is 2.93. The molecule has 6 nitrogen and oxygen atoms in total. The predicted octanol–water partition coefficient (Wildman–Crippen LogP) is 2.33. The van der Waals surface area contributed by atoms with Gasteiger partial charge < -0.3 is 9.84 Å². The third kappa shape index (κ3) is 3.84. The lowest BCUT2D eigenvalue weighted by Gasteiger charge is -2.09. The van der Waals surface area contributed by atoms with Gasteiger partial charge in [-0.1, -0.05) is 12.1 Å². The number of hydrogen-bond donors (Lipinski definition) is 2. The zero-order valence-electron chi connectivity index (χ0n) is 11.8. The van der Waals surface area contributed by atoms with Crippen LogP contribution in [0.15, 0.2) is 53.4 Å². The van der Waals surface area contributed by atoms with Gasteiger partial charge in [0.05, 0.1) is 17.1 Å². The van der Waals surface area contributed by atoms with E-state index in [1.807, 2.05) is 6.07 Å². The van der Waals surface area contributed by atoms with Crippen molar-refractivity contribution in [1.29, 1.82) is 0 Å². The van der Waals surface area contributed by atoms with Crippen molar-refractivity contribution >= 4 is 21.7 Å². The molecule has 0 amide bonds. The van der Waals surface area contributed by atoms with Gasteiger partial charge in [-0.25, -0.2) is 13.2 Å². The molecular formula is C15H15NO5S. The van der Waals surface area contributed by atoms with Crippen LogP contribution in [-0.4, -0.2) is 26.6 Å². The number of anilines is 1. The van der Waals surface area contributed by atoms with Crippen molar-refractivity contribution in [3.05, 3.63) is 59.7 Å². The number of carbonyl (C=O) groups is 1. The van der Waals surface area contributed by atoms with E-state index in [0.717, 1.165) is 5.56 Å². The number of carboxylic acid groups (broad SMARTS) is 1. The summed E-state index contributed by atoms with van der Waals surface area (Å²) >= 11 is 0. The standard InChI is InChI=1S/C15H15NO5S/c1-21-10-11-3-2-4-13(9-11)16-22(19,20)14-7-5-12(6-8-14)15(17)18/h2-9,16H,10H2,1H3,(H,17,18). The molecule has 0 spiro atoms. The Morgan fingerprint density at radius 1 is 1.18 bits per heavy atom. The minimum Gasteiger partial charge on any atom is -0.478 e. The number of hydrogen-bond acceptors (Lipinski definition) is 4. The summed E-state index contributed by atoms with van der Waals surface area (Å²) in [5.41, 5.74) is 1.28. The first-order valence-corrected chi connectivity index (χ1v) is 7.85. The van der Waals surface area contributed by atoms with Crippen LogP contribution < -0.4 is 4.72 Å². The summed E-state index contributed by atoms with van der Waals surface area (Å²) in [5.74, 6) is -1.11. The van der Waals surface area contributed by atoms with Crippen LogP contribution in [-0.2, 0) is 21.4 Å². The molecule has 0 aliphatic carbocycles. The average molecular weight is 321 g/mol. The number of nitrogens with one attached hydrogen (secondary N) is 1. The highest BCUT2D eigenvalue weighted by Crippen LogP contribution is 2.18. The van der Waals surface area contributed by atoms with E-state index in [-0.39, 0.29) is 10.5 Å². The predicted molar refractivity (Wildman–Crippen MR) is 81.4 cm³/mol. The maximum Gasteiger partial charge on any atom is 0.335 e. The van der Waals surface area contributed by atoms with Crippen molar-refractivity contribution in [2.75, 3.05) is 11.8 Å². The van der Waals surface area contributed by atoms with Crippen LogP contribution in [0.2, 0.25) is 0 Å². The Kier molecular flexibility index (Phi) is 4.79. The first-order chi connectivity index (χ1) is 10.4. The largest absolute Gasteiger partial charge is 0.478 e. The van der Waals surface area contributed by atoms with Crippen LogP contribution in [0.1, 0.15) is 15.9 Å². The lowest BCUT2D eigenvalue weighted by Crippen LogP contribution is -2.13. The third-order valence-corrected chi connectivity index (χ3v) is 4.30. The van der Waals surface area contributed by atoms with Gasteiger partial charge in [0, 0.05) is 12.8 Å². The minimum atomic E-state index is -3.77. The number of carboxylic acids is 1. The second-order valence-corrected chi connectivity index (χ2v) is 6.25. The van der Waals surface area contributed by atoms with E-state index in [1.54, 1.807) is 25.3 Å². The van der Waals surface area contributed by atoms with E-state index in [2.05, 4.69) is 4.72 Å². The summed E-state index contributed by atoms with van der Waals surface area (Å²) in [6.45, 7) is 0.378. The van der Waals surface area contributed by atoms with Crippen molar-refractivity contribution < 1.29 is 23.1 Å². The highest BCUT2D eigenvalue weighted by molar-refractivity contribution is 7.92. The van der Waals surface area contributed by atoms with Crippen LogP contribution in [0.3, 0.4) is 0 Å². The number of aromatic carboxylic acids is 1. The molecule has 0 aliphatic heterocycles. The molecule has 0 atom stereocenters. The van der Waals surface area contributed by atoms with E-state index in [0.29, 0.717) is 12.3 Å². The molecule has 7 heteroatoms. The Balaban J connectivity index is 2.23. The van der Waals surface area contributed by atoms with E-state index < -0.39 is 16.0 Å². The van der Waals surface area contributed by atoms with Crippen molar-refractivity contribution in [3.8, 4) is 0 Å². The first kappa shape index (κ1) is 16.0. The zero-order valence-corrected chi connectivity index (χ0v) is 12.6. The van der Waals surface area contributed by atoms with Crippen molar-refractivity contribution in [1.82, 2.24) is 0 Å². The Bertz CT molecular complexity index is 769. The van der Waals surface area contributed by atoms with Gasteiger partial charge in [-0.05, 0) is 42.0 Å². The maximum absolute atomic E-state index is 12.3. The topological polar surface area (TPSA) is 92.7 Å². The lowest BCUT2D eigenvalue weighted by atomic mass is 10.2. The lowest BCUT2D eigenvalue weighted by molar-refractivity contribution is 0.0696. The summed E-state index contributed by atoms with van der Waals surface area (Å²) < 4.78 is 32.0. The smallest absolute Gasteiger partial charge is 0.335 e. The molecule has 2 aromatic carbocycles. The molecule has 0 aliphatic rings. The Morgan fingerprint density at radius 3 is 2.45 bits per heavy atom. The summed E-state index contributed by atoms with van der Waals surface area (Å²) in [5, 5.41) is 8.82. The molecule has 0 unspecified atom stereocenters. The summed E-state index contributed by atoms with van der Waals surface area (Å²) in [7, 11) is -2.21. The molecule has 0 fully saturated rings. The van der Waals surface area contributed by atoms with Crippen LogP contribution in [0, 0.1) is 0 Å². The number of sulfonamides is 1. The minimum absolute atomic E-state index is 0.00496. The molecule has 116 valence electrons. The first-order valence-electron chi connectivity index (χ1n) is 6.36. The van der Waals surface area contributed by atoms with E-state index in [1.165, 1.54) is 24.3 Å². The Morgan fingerprint density at radius 2 is 1.86 bits per heavy atom. The summed E-state index contributed by atoms with van der Waals surface area (Å²) in [6, 6.07) is 11.9. The van der Waals surface area contributed by atoms with Crippen LogP contribution in [0.25, 0.3) is 0 Å². The van der Waals surface area contributed by atoms with Crippen LogP contribution >= 0.6 is 0 Å². The average Bonchev–Trinajstić information content (AvgIpc) is 2.47. The van der Waals surface area contributed by atoms with Gasteiger partial charge in [0.15, 0.2) is 0 Å². The van der Waals surface area contributed by atoms with Crippen molar-refractivity contribution in [2.24, 2.45) is 0 Å². The zero-order chi connectivity index (χ0) is 16.2. The van der Waals surface area contributed by atoms with Crippen LogP contribution in [0.5, 0.6) is 0 Å². The summed E-state index contributed by atoms with van der Waals surface area (Å²) in [4.78, 5) is 10.8. The van der Waals surface area contributed by atoms with Crippen molar-refractivity contribution in [3.63, 3.8) is 0 Å². The number of benzene rings is 2. The van der Waals surface area contributed by atoms with Gasteiger partial charge in [0.25, 0.3) is 10.0 Å². The van der Waals surface area contributed by atoms with E-state index >= 15 is 0 Å². The molecule has 0 bridgehead atoms. The normalized spacial score (nSPS) is 11.1. The molecule has 0 heterocycles. The summed E-state index contributed by atoms with van der Waals surface area (Å²) in [6.07, 6.45) is 0. The van der Waals surface area contributed by atoms with Gasteiger partial charge in [0.2, 0.25) is 0 Å². The fourth-order valence-electron chi connectivity index (χ4n) is 1.88. The monoisotopic (exact) mass is 321 g/mol. The Hall–Kier alpha value is -2.38. The van der Waals surface area contributed by atoms with Gasteiger partial charge in [0.1, 0.15) is 0 Å². The molecular weight excluding hydrogens is 306 g/mol. The SMILES string of the molecule is COCc1cccc(NS(=O)(=O)c2ccc(C(=O)O)cc2)c1. The molecule has 2 N–H and O–H groups in total. The molecule has 0 saturated carbocycles. The quantitative estimate of drug-likeness (QED) is 0.852. The maximum atomic E-state index is 12.3. The van der Waals surface area contributed by atoms with Crippen LogP contribution in [0.4, 0.5) is 5.69 Å². The second-order valence-electron chi connectivity index (χ2n) is 4.57. The number of ether oxygens (including phenoxy) is 1. The highest BCUT2D eigenvalue weighted by atomic mass is 32.2. The molecule has 2 aromatic rings.